The third-order valence-corrected chi connectivity index (χ3v) is 3.07. The van der Waals surface area contributed by atoms with Crippen molar-refractivity contribution in [1.82, 2.24) is 9.80 Å². The van der Waals surface area contributed by atoms with Gasteiger partial charge >= 0.3 is 0 Å². The molecule has 2 unspecified atom stereocenters. The van der Waals surface area contributed by atoms with Crippen LogP contribution in [0.1, 0.15) is 20.8 Å². The summed E-state index contributed by atoms with van der Waals surface area (Å²) in [6.07, 6.45) is 0. The molecule has 84 valence electrons. The Labute approximate surface area is 88.2 Å². The maximum absolute atomic E-state index is 5.84. The van der Waals surface area contributed by atoms with Crippen molar-refractivity contribution in [2.45, 2.75) is 32.9 Å². The number of nitrogens with two attached hydrogens (primary N) is 1. The second-order valence-corrected chi connectivity index (χ2v) is 5.01. The van der Waals surface area contributed by atoms with Crippen molar-refractivity contribution in [3.05, 3.63) is 0 Å². The van der Waals surface area contributed by atoms with Crippen LogP contribution in [0.4, 0.5) is 0 Å². The second-order valence-electron chi connectivity index (χ2n) is 5.01. The van der Waals surface area contributed by atoms with E-state index in [0.29, 0.717) is 12.1 Å². The summed E-state index contributed by atoms with van der Waals surface area (Å²) < 4.78 is 0. The highest BCUT2D eigenvalue weighted by Crippen LogP contribution is 2.15. The topological polar surface area (TPSA) is 32.5 Å². The minimum Gasteiger partial charge on any atom is -0.329 e. The first-order valence-corrected chi connectivity index (χ1v) is 5.69. The van der Waals surface area contributed by atoms with Gasteiger partial charge in [-0.3, -0.25) is 4.90 Å². The summed E-state index contributed by atoms with van der Waals surface area (Å²) in [4.78, 5) is 4.96. The molecule has 1 aliphatic rings. The lowest BCUT2D eigenvalue weighted by Gasteiger charge is -2.33. The molecule has 1 saturated heterocycles. The van der Waals surface area contributed by atoms with E-state index in [2.05, 4.69) is 37.6 Å². The minimum absolute atomic E-state index is 0.532. The van der Waals surface area contributed by atoms with Gasteiger partial charge in [0.25, 0.3) is 0 Å². The standard InChI is InChI=1S/C11H25N3/c1-9(2)14-7-10(3)6-13(4)8-11(14)5-12/h9-11H,5-8,12H2,1-4H3. The molecule has 3 heteroatoms. The fraction of sp³-hybridized carbons (Fsp3) is 1.00. The van der Waals surface area contributed by atoms with E-state index < -0.39 is 0 Å². The maximum Gasteiger partial charge on any atom is 0.0348 e. The van der Waals surface area contributed by atoms with Crippen LogP contribution < -0.4 is 5.73 Å². The predicted molar refractivity (Wildman–Crippen MR) is 61.3 cm³/mol. The van der Waals surface area contributed by atoms with E-state index in [9.17, 15) is 0 Å². The molecule has 0 aromatic carbocycles. The Morgan fingerprint density at radius 2 is 1.93 bits per heavy atom. The van der Waals surface area contributed by atoms with E-state index in [-0.39, 0.29) is 0 Å². The van der Waals surface area contributed by atoms with Gasteiger partial charge in [0, 0.05) is 38.3 Å². The number of likely N-dealkylation sites (N-methyl/N-ethyl adjacent to an activating group) is 1. The van der Waals surface area contributed by atoms with Crippen molar-refractivity contribution < 1.29 is 0 Å². The molecular weight excluding hydrogens is 174 g/mol. The monoisotopic (exact) mass is 199 g/mol. The molecule has 1 rings (SSSR count). The summed E-state index contributed by atoms with van der Waals surface area (Å²) in [5, 5.41) is 0. The van der Waals surface area contributed by atoms with Crippen molar-refractivity contribution in [3.63, 3.8) is 0 Å². The highest BCUT2D eigenvalue weighted by molar-refractivity contribution is 4.83. The third kappa shape index (κ3) is 2.94. The number of nitrogens with zero attached hydrogens (tertiary/aromatic N) is 2. The Morgan fingerprint density at radius 3 is 2.43 bits per heavy atom. The zero-order chi connectivity index (χ0) is 10.7. The van der Waals surface area contributed by atoms with Gasteiger partial charge in [-0.1, -0.05) is 6.92 Å². The normalized spacial score (nSPS) is 32.1. The Hall–Kier alpha value is -0.120. The van der Waals surface area contributed by atoms with E-state index in [1.807, 2.05) is 0 Å². The van der Waals surface area contributed by atoms with Crippen LogP contribution in [0.15, 0.2) is 0 Å². The summed E-state index contributed by atoms with van der Waals surface area (Å²) in [5.74, 6) is 0.749. The molecule has 1 heterocycles. The van der Waals surface area contributed by atoms with Gasteiger partial charge in [-0.15, -0.1) is 0 Å². The number of rotatable bonds is 2. The summed E-state index contributed by atoms with van der Waals surface area (Å²) in [6.45, 7) is 11.1. The molecular formula is C11H25N3. The Balaban J connectivity index is 2.69. The average molecular weight is 199 g/mol. The fourth-order valence-corrected chi connectivity index (χ4v) is 2.48. The van der Waals surface area contributed by atoms with Crippen molar-refractivity contribution in [1.29, 1.82) is 0 Å². The average Bonchev–Trinajstić information content (AvgIpc) is 2.23. The van der Waals surface area contributed by atoms with Gasteiger partial charge in [-0.05, 0) is 26.8 Å². The van der Waals surface area contributed by atoms with E-state index in [0.717, 1.165) is 19.0 Å². The number of hydrogen-bond acceptors (Lipinski definition) is 3. The first-order chi connectivity index (χ1) is 6.54. The van der Waals surface area contributed by atoms with Gasteiger partial charge in [-0.25, -0.2) is 0 Å². The van der Waals surface area contributed by atoms with Gasteiger partial charge < -0.3 is 10.6 Å². The van der Waals surface area contributed by atoms with Crippen LogP contribution in [0.5, 0.6) is 0 Å². The molecule has 0 aromatic heterocycles. The quantitative estimate of drug-likeness (QED) is 0.707. The highest BCUT2D eigenvalue weighted by Gasteiger charge is 2.26. The van der Waals surface area contributed by atoms with Crippen LogP contribution in [0.2, 0.25) is 0 Å². The third-order valence-electron chi connectivity index (χ3n) is 3.07. The van der Waals surface area contributed by atoms with Crippen LogP contribution in [0, 0.1) is 5.92 Å². The van der Waals surface area contributed by atoms with E-state index in [1.165, 1.54) is 13.1 Å². The minimum atomic E-state index is 0.532. The molecule has 0 aliphatic carbocycles. The van der Waals surface area contributed by atoms with E-state index in [1.54, 1.807) is 0 Å². The smallest absolute Gasteiger partial charge is 0.0348 e. The lowest BCUT2D eigenvalue weighted by atomic mass is 10.1. The molecule has 2 N–H and O–H groups in total. The first kappa shape index (κ1) is 12.0. The van der Waals surface area contributed by atoms with Crippen LogP contribution in [-0.2, 0) is 0 Å². The van der Waals surface area contributed by atoms with Crippen molar-refractivity contribution >= 4 is 0 Å². The predicted octanol–water partition coefficient (Wildman–Crippen LogP) is 0.606. The summed E-state index contributed by atoms with van der Waals surface area (Å²) >= 11 is 0. The lowest BCUT2D eigenvalue weighted by molar-refractivity contribution is 0.147. The van der Waals surface area contributed by atoms with Crippen LogP contribution in [0.3, 0.4) is 0 Å². The van der Waals surface area contributed by atoms with Crippen LogP contribution >= 0.6 is 0 Å². The zero-order valence-electron chi connectivity index (χ0n) is 10.0. The largest absolute Gasteiger partial charge is 0.329 e. The molecule has 0 bridgehead atoms. The molecule has 0 amide bonds. The molecule has 0 radical (unpaired) electrons. The molecule has 1 fully saturated rings. The summed E-state index contributed by atoms with van der Waals surface area (Å²) in [7, 11) is 2.20. The van der Waals surface area contributed by atoms with Gasteiger partial charge in [0.15, 0.2) is 0 Å². The molecule has 0 spiro atoms. The second kappa shape index (κ2) is 5.10. The van der Waals surface area contributed by atoms with Gasteiger partial charge in [0.2, 0.25) is 0 Å². The summed E-state index contributed by atoms with van der Waals surface area (Å²) in [5.41, 5.74) is 5.84. The van der Waals surface area contributed by atoms with Crippen molar-refractivity contribution in [2.75, 3.05) is 33.2 Å². The van der Waals surface area contributed by atoms with Gasteiger partial charge in [0.05, 0.1) is 0 Å². The molecule has 0 saturated carbocycles. The number of hydrogen-bond donors (Lipinski definition) is 1. The van der Waals surface area contributed by atoms with Crippen molar-refractivity contribution in [3.8, 4) is 0 Å². The van der Waals surface area contributed by atoms with Crippen molar-refractivity contribution in [2.24, 2.45) is 11.7 Å². The fourth-order valence-electron chi connectivity index (χ4n) is 2.48. The summed E-state index contributed by atoms with van der Waals surface area (Å²) in [6, 6.07) is 1.14. The maximum atomic E-state index is 5.84. The highest BCUT2D eigenvalue weighted by atomic mass is 15.3. The molecule has 3 nitrogen and oxygen atoms in total. The van der Waals surface area contributed by atoms with Crippen LogP contribution in [-0.4, -0.2) is 55.1 Å². The van der Waals surface area contributed by atoms with Gasteiger partial charge in [-0.2, -0.15) is 0 Å². The van der Waals surface area contributed by atoms with Gasteiger partial charge in [0.1, 0.15) is 0 Å². The lowest BCUT2D eigenvalue weighted by Crippen LogP contribution is -2.48. The Kier molecular flexibility index (Phi) is 4.35. The zero-order valence-corrected chi connectivity index (χ0v) is 10.0. The molecule has 14 heavy (non-hydrogen) atoms. The van der Waals surface area contributed by atoms with E-state index in [4.69, 9.17) is 5.73 Å². The van der Waals surface area contributed by atoms with Crippen LogP contribution in [0.25, 0.3) is 0 Å². The molecule has 0 aromatic rings. The molecule has 1 aliphatic heterocycles. The SMILES string of the molecule is CC1CN(C)CC(CN)N(C(C)C)C1. The molecule has 2 atom stereocenters. The Bertz CT molecular complexity index is 170. The van der Waals surface area contributed by atoms with E-state index >= 15 is 0 Å². The Morgan fingerprint density at radius 1 is 1.29 bits per heavy atom. The first-order valence-electron chi connectivity index (χ1n) is 5.69.